The third-order valence-electron chi connectivity index (χ3n) is 5.63. The summed E-state index contributed by atoms with van der Waals surface area (Å²) in [6.07, 6.45) is 0. The first-order valence-corrected chi connectivity index (χ1v) is 11.4. The van der Waals surface area contributed by atoms with E-state index in [1.165, 1.54) is 0 Å². The average Bonchev–Trinajstić information content (AvgIpc) is 3.19. The Balaban J connectivity index is 1.68. The first-order valence-electron chi connectivity index (χ1n) is 11.0. The van der Waals surface area contributed by atoms with Gasteiger partial charge in [0.1, 0.15) is 0 Å². The largest absolute Gasteiger partial charge is 0.462 e. The summed E-state index contributed by atoms with van der Waals surface area (Å²) in [5.41, 5.74) is 6.05. The minimum Gasteiger partial charge on any atom is -0.462 e. The van der Waals surface area contributed by atoms with E-state index >= 15 is 0 Å². The van der Waals surface area contributed by atoms with Crippen molar-refractivity contribution in [2.75, 3.05) is 11.9 Å². The van der Waals surface area contributed by atoms with Gasteiger partial charge in [0, 0.05) is 27.7 Å². The van der Waals surface area contributed by atoms with Crippen molar-refractivity contribution >= 4 is 29.2 Å². The number of carbonyl (C=O) groups is 2. The first-order chi connectivity index (χ1) is 16.4. The molecular weight excluding hydrogens is 448 g/mol. The maximum absolute atomic E-state index is 12.8. The van der Waals surface area contributed by atoms with Gasteiger partial charge in [-0.2, -0.15) is 0 Å². The monoisotopic (exact) mass is 472 g/mol. The van der Waals surface area contributed by atoms with Crippen LogP contribution < -0.4 is 5.32 Å². The Morgan fingerprint density at radius 1 is 0.941 bits per heavy atom. The molecule has 0 saturated carbocycles. The maximum atomic E-state index is 12.8. The van der Waals surface area contributed by atoms with Gasteiger partial charge in [-0.15, -0.1) is 0 Å². The average molecular weight is 473 g/mol. The lowest BCUT2D eigenvalue weighted by Gasteiger charge is -2.13. The number of amides is 1. The zero-order valence-corrected chi connectivity index (χ0v) is 20.0. The maximum Gasteiger partial charge on any atom is 0.339 e. The number of ether oxygens (including phenoxy) is 1. The second kappa shape index (κ2) is 9.98. The van der Waals surface area contributed by atoms with Crippen molar-refractivity contribution in [1.29, 1.82) is 0 Å². The molecular formula is C28H25ClN2O3. The number of aryl methyl sites for hydroxylation is 1. The molecule has 0 spiro atoms. The van der Waals surface area contributed by atoms with Gasteiger partial charge in [0.2, 0.25) is 0 Å². The molecule has 1 heterocycles. The van der Waals surface area contributed by atoms with Crippen LogP contribution in [0.2, 0.25) is 5.02 Å². The minimum absolute atomic E-state index is 0.230. The fourth-order valence-electron chi connectivity index (χ4n) is 3.81. The molecule has 0 fully saturated rings. The van der Waals surface area contributed by atoms with Gasteiger partial charge in [-0.05, 0) is 74.4 Å². The van der Waals surface area contributed by atoms with Crippen LogP contribution in [0.15, 0.2) is 78.9 Å². The topological polar surface area (TPSA) is 60.3 Å². The van der Waals surface area contributed by atoms with Crippen molar-refractivity contribution in [1.82, 2.24) is 4.57 Å². The molecule has 5 nitrogen and oxygen atoms in total. The zero-order chi connectivity index (χ0) is 24.2. The molecule has 4 rings (SSSR count). The second-order valence-corrected chi connectivity index (χ2v) is 8.32. The van der Waals surface area contributed by atoms with Crippen LogP contribution in [0.4, 0.5) is 5.69 Å². The van der Waals surface area contributed by atoms with E-state index in [4.69, 9.17) is 16.3 Å². The van der Waals surface area contributed by atoms with Crippen molar-refractivity contribution in [2.24, 2.45) is 0 Å². The molecule has 6 heteroatoms. The summed E-state index contributed by atoms with van der Waals surface area (Å²) >= 11 is 6.17. The molecule has 0 aliphatic heterocycles. The van der Waals surface area contributed by atoms with Gasteiger partial charge in [-0.1, -0.05) is 48.0 Å². The Morgan fingerprint density at radius 3 is 2.29 bits per heavy atom. The highest BCUT2D eigenvalue weighted by atomic mass is 35.5. The van der Waals surface area contributed by atoms with Crippen LogP contribution in [-0.2, 0) is 4.74 Å². The van der Waals surface area contributed by atoms with E-state index in [2.05, 4.69) is 5.32 Å². The number of nitrogens with zero attached hydrogens (tertiary/aromatic N) is 1. The van der Waals surface area contributed by atoms with Crippen LogP contribution in [0, 0.1) is 13.8 Å². The van der Waals surface area contributed by atoms with Crippen LogP contribution >= 0.6 is 11.6 Å². The second-order valence-electron chi connectivity index (χ2n) is 7.92. The Morgan fingerprint density at radius 2 is 1.65 bits per heavy atom. The number of benzene rings is 3. The van der Waals surface area contributed by atoms with Crippen LogP contribution in [0.1, 0.15) is 38.9 Å². The van der Waals surface area contributed by atoms with Gasteiger partial charge in [0.05, 0.1) is 17.9 Å². The molecule has 172 valence electrons. The lowest BCUT2D eigenvalue weighted by molar-refractivity contribution is 0.0525. The predicted octanol–water partition coefficient (Wildman–Crippen LogP) is 6.84. The molecule has 1 aromatic heterocycles. The molecule has 0 aliphatic rings. The van der Waals surface area contributed by atoms with Crippen molar-refractivity contribution in [3.8, 4) is 16.9 Å². The lowest BCUT2D eigenvalue weighted by Crippen LogP contribution is -2.12. The predicted molar refractivity (Wildman–Crippen MR) is 136 cm³/mol. The number of nitrogens with one attached hydrogen (secondary N) is 1. The molecule has 1 N–H and O–H groups in total. The Hall–Kier alpha value is -3.83. The fourth-order valence-corrected chi connectivity index (χ4v) is 3.99. The van der Waals surface area contributed by atoms with Gasteiger partial charge in [0.15, 0.2) is 0 Å². The number of anilines is 1. The summed E-state index contributed by atoms with van der Waals surface area (Å²) in [5.74, 6) is -0.588. The molecule has 0 unspecified atom stereocenters. The molecule has 1 amide bonds. The summed E-state index contributed by atoms with van der Waals surface area (Å²) in [5, 5.41) is 3.47. The summed E-state index contributed by atoms with van der Waals surface area (Å²) < 4.78 is 7.26. The van der Waals surface area contributed by atoms with Crippen LogP contribution in [0.3, 0.4) is 0 Å². The first kappa shape index (κ1) is 23.3. The van der Waals surface area contributed by atoms with Gasteiger partial charge >= 0.3 is 5.97 Å². The van der Waals surface area contributed by atoms with Crippen molar-refractivity contribution in [3.05, 3.63) is 106 Å². The van der Waals surface area contributed by atoms with Crippen molar-refractivity contribution < 1.29 is 14.3 Å². The van der Waals surface area contributed by atoms with Gasteiger partial charge < -0.3 is 14.6 Å². The number of esters is 1. The quantitative estimate of drug-likeness (QED) is 0.312. The van der Waals surface area contributed by atoms with Gasteiger partial charge in [-0.25, -0.2) is 4.79 Å². The highest BCUT2D eigenvalue weighted by Gasteiger charge is 2.20. The number of rotatable bonds is 6. The molecule has 0 aliphatic carbocycles. The molecule has 0 radical (unpaired) electrons. The molecule has 0 atom stereocenters. The summed E-state index contributed by atoms with van der Waals surface area (Å²) in [4.78, 5) is 25.3. The van der Waals surface area contributed by atoms with Gasteiger partial charge in [0.25, 0.3) is 5.91 Å². The number of carbonyl (C=O) groups excluding carboxylic acids is 2. The highest BCUT2D eigenvalue weighted by molar-refractivity contribution is 6.31. The Labute approximate surface area is 204 Å². The third-order valence-corrected chi connectivity index (χ3v) is 6.04. The number of hydrogen-bond donors (Lipinski definition) is 1. The van der Waals surface area contributed by atoms with Crippen molar-refractivity contribution in [3.63, 3.8) is 0 Å². The molecule has 3 aromatic carbocycles. The standard InChI is InChI=1S/C28H25ClN2O3/c1-4-34-28(33)24-17-26(20-8-6-5-7-9-20)31(19(24)3)23-14-11-21(12-15-23)27(32)30-22-13-10-18(2)25(29)16-22/h5-17H,4H2,1-3H3,(H,30,32). The normalized spacial score (nSPS) is 10.7. The van der Waals surface area contributed by atoms with E-state index in [1.807, 2.05) is 79.1 Å². The number of aromatic nitrogens is 1. The zero-order valence-electron chi connectivity index (χ0n) is 19.3. The molecule has 34 heavy (non-hydrogen) atoms. The van der Waals surface area contributed by atoms with Crippen LogP contribution in [-0.4, -0.2) is 23.1 Å². The van der Waals surface area contributed by atoms with E-state index < -0.39 is 0 Å². The van der Waals surface area contributed by atoms with E-state index in [-0.39, 0.29) is 11.9 Å². The minimum atomic E-state index is -0.358. The molecule has 0 saturated heterocycles. The lowest BCUT2D eigenvalue weighted by atomic mass is 10.1. The fraction of sp³-hybridized carbons (Fsp3) is 0.143. The summed E-state index contributed by atoms with van der Waals surface area (Å²) in [6, 6.07) is 24.4. The summed E-state index contributed by atoms with van der Waals surface area (Å²) in [6.45, 7) is 5.89. The molecule has 0 bridgehead atoms. The van der Waals surface area contributed by atoms with Crippen LogP contribution in [0.25, 0.3) is 16.9 Å². The van der Waals surface area contributed by atoms with Crippen molar-refractivity contribution in [2.45, 2.75) is 20.8 Å². The Bertz CT molecular complexity index is 1340. The van der Waals surface area contributed by atoms with Crippen LogP contribution in [0.5, 0.6) is 0 Å². The highest BCUT2D eigenvalue weighted by Crippen LogP contribution is 2.30. The number of hydrogen-bond acceptors (Lipinski definition) is 3. The van der Waals surface area contributed by atoms with E-state index in [9.17, 15) is 9.59 Å². The summed E-state index contributed by atoms with van der Waals surface area (Å²) in [7, 11) is 0. The van der Waals surface area contributed by atoms with E-state index in [1.54, 1.807) is 25.1 Å². The van der Waals surface area contributed by atoms with E-state index in [0.717, 1.165) is 28.2 Å². The smallest absolute Gasteiger partial charge is 0.339 e. The number of halogens is 1. The Kier molecular flexibility index (Phi) is 6.85. The van der Waals surface area contributed by atoms with Gasteiger partial charge in [-0.3, -0.25) is 4.79 Å². The van der Waals surface area contributed by atoms with E-state index in [0.29, 0.717) is 28.4 Å². The third kappa shape index (κ3) is 4.75. The SMILES string of the molecule is CCOC(=O)c1cc(-c2ccccc2)n(-c2ccc(C(=O)Nc3ccc(C)c(Cl)c3)cc2)c1C. The molecule has 4 aromatic rings.